The lowest BCUT2D eigenvalue weighted by Crippen LogP contribution is -2.69. The number of halogens is 3. The number of ether oxygens (including phenoxy) is 1. The predicted octanol–water partition coefficient (Wildman–Crippen LogP) is 4.65. The van der Waals surface area contributed by atoms with E-state index in [-0.39, 0.29) is 29.0 Å². The third kappa shape index (κ3) is 4.06. The van der Waals surface area contributed by atoms with Gasteiger partial charge in [0.2, 0.25) is 0 Å². The highest BCUT2D eigenvalue weighted by Gasteiger charge is 2.67. The number of likely N-dealkylation sites (N-methyl/N-ethyl adjacent to an activating group) is 1. The number of hydrogen-bond acceptors (Lipinski definition) is 6. The fourth-order valence-corrected chi connectivity index (χ4v) is 8.19. The summed E-state index contributed by atoms with van der Waals surface area (Å²) in [4.78, 5) is 29.0. The number of nitrogens with zero attached hydrogens (tertiary/aromatic N) is 3. The van der Waals surface area contributed by atoms with E-state index in [1.807, 2.05) is 0 Å². The van der Waals surface area contributed by atoms with Gasteiger partial charge in [0, 0.05) is 47.7 Å². The van der Waals surface area contributed by atoms with E-state index in [1.165, 1.54) is 35.9 Å². The SMILES string of the molecule is CN(C(=O)C#Cc1ccc(C(F)(F)F)cc1)[C@@H]1CC[C@H]2[C@H]3Cc4c([N+](=O)[O-])cc(O)c5c4[C@@]2(CCN3CC2CC2)[C@H]1O5. The quantitative estimate of drug-likeness (QED) is 0.321. The number of alkyl halides is 3. The summed E-state index contributed by atoms with van der Waals surface area (Å²) in [6.07, 6.45) is 0.132. The standard InChI is InChI=1S/C31H30F3N3O5/c1-35(26(39)11-6-17-4-7-19(8-5-17)31(32,33)34)22-10-9-21-24-14-20-23(37(40)41)15-25(38)28-27(20)30(21,29(22)42-28)12-13-36(24)16-18-2-3-18/h4-5,7-8,15,18,21-22,24,29,38H,2-3,9-10,12-14,16H2,1H3/t21-,22+,24+,29-,30-/m0/s1. The van der Waals surface area contributed by atoms with Crippen LogP contribution in [0.5, 0.6) is 11.5 Å². The molecule has 1 spiro atoms. The molecular weight excluding hydrogens is 551 g/mol. The van der Waals surface area contributed by atoms with Gasteiger partial charge in [0.1, 0.15) is 6.10 Å². The van der Waals surface area contributed by atoms with Gasteiger partial charge in [0.15, 0.2) is 11.5 Å². The number of phenolic OH excluding ortho intramolecular Hbond substituents is 1. The molecule has 0 aromatic heterocycles. The lowest BCUT2D eigenvalue weighted by atomic mass is 9.50. The molecule has 3 aliphatic carbocycles. The average molecular weight is 582 g/mol. The minimum absolute atomic E-state index is 0.0828. The van der Waals surface area contributed by atoms with Crippen molar-refractivity contribution in [3.05, 3.63) is 62.7 Å². The van der Waals surface area contributed by atoms with E-state index in [9.17, 15) is 33.2 Å². The molecule has 2 heterocycles. The van der Waals surface area contributed by atoms with E-state index in [0.717, 1.165) is 37.2 Å². The summed E-state index contributed by atoms with van der Waals surface area (Å²) in [6, 6.07) is 5.25. The Morgan fingerprint density at radius 1 is 1.24 bits per heavy atom. The van der Waals surface area contributed by atoms with Crippen LogP contribution in [-0.4, -0.2) is 64.1 Å². The van der Waals surface area contributed by atoms with E-state index >= 15 is 0 Å². The molecule has 2 aromatic carbocycles. The Kier molecular flexibility index (Phi) is 6.04. The third-order valence-corrected chi connectivity index (χ3v) is 10.2. The van der Waals surface area contributed by atoms with Crippen molar-refractivity contribution in [2.45, 2.75) is 68.3 Å². The molecule has 8 nitrogen and oxygen atoms in total. The highest BCUT2D eigenvalue weighted by molar-refractivity contribution is 5.94. The molecule has 1 saturated heterocycles. The first-order chi connectivity index (χ1) is 20.0. The summed E-state index contributed by atoms with van der Waals surface area (Å²) in [6.45, 7) is 1.80. The number of aromatic hydroxyl groups is 1. The first kappa shape index (κ1) is 27.1. The maximum Gasteiger partial charge on any atom is 0.416 e. The van der Waals surface area contributed by atoms with Crippen LogP contribution in [-0.2, 0) is 22.8 Å². The Balaban J connectivity index is 1.22. The van der Waals surface area contributed by atoms with Gasteiger partial charge in [0.05, 0.1) is 22.6 Å². The van der Waals surface area contributed by atoms with Crippen LogP contribution in [0, 0.1) is 33.8 Å². The number of hydrogen-bond donors (Lipinski definition) is 1. The van der Waals surface area contributed by atoms with Crippen molar-refractivity contribution in [2.75, 3.05) is 20.1 Å². The number of likely N-dealkylation sites (tertiary alicyclic amines) is 1. The minimum atomic E-state index is -4.46. The van der Waals surface area contributed by atoms with Crippen LogP contribution >= 0.6 is 0 Å². The van der Waals surface area contributed by atoms with Crippen molar-refractivity contribution in [2.24, 2.45) is 11.8 Å². The fourth-order valence-electron chi connectivity index (χ4n) is 8.19. The second-order valence-corrected chi connectivity index (χ2v) is 12.4. The van der Waals surface area contributed by atoms with Crippen molar-refractivity contribution >= 4 is 11.6 Å². The molecule has 2 aliphatic heterocycles. The van der Waals surface area contributed by atoms with Gasteiger partial charge in [-0.3, -0.25) is 19.8 Å². The molecule has 3 fully saturated rings. The fraction of sp³-hybridized carbons (Fsp3) is 0.516. The van der Waals surface area contributed by atoms with E-state index < -0.39 is 40.1 Å². The highest BCUT2D eigenvalue weighted by atomic mass is 19.4. The molecule has 2 saturated carbocycles. The zero-order chi connectivity index (χ0) is 29.6. The number of benzene rings is 2. The molecule has 2 bridgehead atoms. The van der Waals surface area contributed by atoms with E-state index in [4.69, 9.17) is 4.74 Å². The first-order valence-electron chi connectivity index (χ1n) is 14.4. The molecule has 1 N–H and O–H groups in total. The van der Waals surface area contributed by atoms with Crippen LogP contribution in [0.25, 0.3) is 0 Å². The topological polar surface area (TPSA) is 96.2 Å². The molecule has 0 unspecified atom stereocenters. The number of phenols is 1. The molecule has 2 aromatic rings. The summed E-state index contributed by atoms with van der Waals surface area (Å²) in [7, 11) is 1.64. The molecule has 42 heavy (non-hydrogen) atoms. The number of piperidine rings is 1. The summed E-state index contributed by atoms with van der Waals surface area (Å²) in [5, 5.41) is 23.0. The van der Waals surface area contributed by atoms with Gasteiger partial charge in [-0.25, -0.2) is 0 Å². The number of nitro benzene ring substituents is 1. The van der Waals surface area contributed by atoms with E-state index in [2.05, 4.69) is 16.7 Å². The van der Waals surface area contributed by atoms with Crippen molar-refractivity contribution in [3.8, 4) is 23.3 Å². The largest absolute Gasteiger partial charge is 0.504 e. The van der Waals surface area contributed by atoms with Crippen LogP contribution in [0.2, 0.25) is 0 Å². The zero-order valence-electron chi connectivity index (χ0n) is 23.0. The van der Waals surface area contributed by atoms with Crippen molar-refractivity contribution in [1.82, 2.24) is 9.80 Å². The normalized spacial score (nSPS) is 29.1. The predicted molar refractivity (Wildman–Crippen MR) is 145 cm³/mol. The van der Waals surface area contributed by atoms with E-state index in [0.29, 0.717) is 36.5 Å². The number of carbonyl (C=O) groups excluding carboxylic acids is 1. The van der Waals surface area contributed by atoms with Crippen LogP contribution in [0.1, 0.15) is 54.4 Å². The molecular formula is C31H30F3N3O5. The molecule has 1 amide bonds. The second-order valence-electron chi connectivity index (χ2n) is 12.4. The van der Waals surface area contributed by atoms with E-state index in [1.54, 1.807) is 7.05 Å². The summed E-state index contributed by atoms with van der Waals surface area (Å²) in [5.74, 6) is 5.63. The Hall–Kier alpha value is -3.78. The summed E-state index contributed by atoms with van der Waals surface area (Å²) < 4.78 is 45.2. The maximum absolute atomic E-state index is 13.3. The Morgan fingerprint density at radius 3 is 2.64 bits per heavy atom. The summed E-state index contributed by atoms with van der Waals surface area (Å²) in [5.41, 5.74) is 0.219. The Labute approximate surface area is 240 Å². The lowest BCUT2D eigenvalue weighted by Gasteiger charge is -2.60. The van der Waals surface area contributed by atoms with Gasteiger partial charge < -0.3 is 14.7 Å². The third-order valence-electron chi connectivity index (χ3n) is 10.2. The van der Waals surface area contributed by atoms with Crippen molar-refractivity contribution in [3.63, 3.8) is 0 Å². The number of amides is 1. The van der Waals surface area contributed by atoms with Crippen molar-refractivity contribution < 1.29 is 32.7 Å². The van der Waals surface area contributed by atoms with Crippen molar-refractivity contribution in [1.29, 1.82) is 0 Å². The summed E-state index contributed by atoms with van der Waals surface area (Å²) >= 11 is 0. The molecule has 0 radical (unpaired) electrons. The van der Waals surface area contributed by atoms with Gasteiger partial charge in [-0.1, -0.05) is 5.92 Å². The van der Waals surface area contributed by atoms with Gasteiger partial charge >= 0.3 is 6.18 Å². The van der Waals surface area contributed by atoms with Gasteiger partial charge in [0.25, 0.3) is 11.6 Å². The second kappa shape index (κ2) is 9.36. The van der Waals surface area contributed by atoms with Crippen LogP contribution < -0.4 is 4.74 Å². The molecule has 5 atom stereocenters. The number of carbonyl (C=O) groups is 1. The maximum atomic E-state index is 13.3. The highest BCUT2D eigenvalue weighted by Crippen LogP contribution is 2.65. The number of rotatable bonds is 4. The molecule has 220 valence electrons. The number of nitro groups is 1. The van der Waals surface area contributed by atoms with Gasteiger partial charge in [-0.2, -0.15) is 13.2 Å². The average Bonchev–Trinajstić information content (AvgIpc) is 3.71. The molecule has 7 rings (SSSR count). The monoisotopic (exact) mass is 581 g/mol. The zero-order valence-corrected chi connectivity index (χ0v) is 23.0. The molecule has 5 aliphatic rings. The van der Waals surface area contributed by atoms with Gasteiger partial charge in [-0.05, 0) is 81.2 Å². The smallest absolute Gasteiger partial charge is 0.416 e. The Morgan fingerprint density at radius 2 is 1.98 bits per heavy atom. The van der Waals surface area contributed by atoms with Crippen LogP contribution in [0.15, 0.2) is 30.3 Å². The molecule has 11 heteroatoms. The lowest BCUT2D eigenvalue weighted by molar-refractivity contribution is -0.385. The first-order valence-corrected chi connectivity index (χ1v) is 14.4. The van der Waals surface area contributed by atoms with Gasteiger partial charge in [-0.15, -0.1) is 0 Å². The minimum Gasteiger partial charge on any atom is -0.504 e. The van der Waals surface area contributed by atoms with Crippen LogP contribution in [0.4, 0.5) is 18.9 Å². The Bertz CT molecular complexity index is 1540. The van der Waals surface area contributed by atoms with Crippen LogP contribution in [0.3, 0.4) is 0 Å².